The Balaban J connectivity index is 1.75. The van der Waals surface area contributed by atoms with Gasteiger partial charge in [-0.05, 0) is 37.0 Å². The van der Waals surface area contributed by atoms with Crippen molar-refractivity contribution in [2.24, 2.45) is 0 Å². The van der Waals surface area contributed by atoms with Crippen molar-refractivity contribution in [2.75, 3.05) is 26.4 Å². The van der Waals surface area contributed by atoms with Gasteiger partial charge in [-0.3, -0.25) is 4.90 Å². The summed E-state index contributed by atoms with van der Waals surface area (Å²) in [5.74, 6) is 0. The lowest BCUT2D eigenvalue weighted by Crippen LogP contribution is -2.45. The largest absolute Gasteiger partial charge is 0.423 e. The lowest BCUT2D eigenvalue weighted by molar-refractivity contribution is 0.164. The highest BCUT2D eigenvalue weighted by molar-refractivity contribution is 7.88. The van der Waals surface area contributed by atoms with E-state index in [1.807, 2.05) is 25.1 Å². The van der Waals surface area contributed by atoms with Gasteiger partial charge in [0.2, 0.25) is 10.0 Å². The number of nitrogens with zero attached hydrogens (tertiary/aromatic N) is 2. The first-order valence-corrected chi connectivity index (χ1v) is 10.3. The van der Waals surface area contributed by atoms with Crippen LogP contribution in [0.2, 0.25) is 0 Å². The maximum atomic E-state index is 11.9. The molecule has 136 valence electrons. The smallest absolute Gasteiger partial charge is 0.336 e. The molecule has 7 heteroatoms. The molecule has 2 heterocycles. The van der Waals surface area contributed by atoms with Crippen LogP contribution in [0.15, 0.2) is 33.5 Å². The molecule has 0 amide bonds. The third-order valence-corrected chi connectivity index (χ3v) is 6.32. The Morgan fingerprint density at radius 3 is 2.56 bits per heavy atom. The molecule has 1 aliphatic heterocycles. The minimum atomic E-state index is -3.16. The SMILES string of the molecule is Cc1ccc2c(CN3CCC(N(C)S(C)(=O)=O)CC3)cc(=O)oc2c1. The number of hydrogen-bond donors (Lipinski definition) is 0. The standard InChI is InChI=1S/C18H24N2O4S/c1-13-4-5-16-14(11-18(21)24-17(16)10-13)12-20-8-6-15(7-9-20)19(2)25(3,22)23/h4-5,10-11,15H,6-9,12H2,1-3H3. The van der Waals surface area contributed by atoms with Gasteiger partial charge in [-0.1, -0.05) is 12.1 Å². The molecule has 1 fully saturated rings. The molecule has 0 bridgehead atoms. The molecule has 0 N–H and O–H groups in total. The van der Waals surface area contributed by atoms with E-state index >= 15 is 0 Å². The van der Waals surface area contributed by atoms with Crippen LogP contribution in [0, 0.1) is 6.92 Å². The quantitative estimate of drug-likeness (QED) is 0.776. The molecule has 2 aromatic rings. The van der Waals surface area contributed by atoms with Crippen molar-refractivity contribution < 1.29 is 12.8 Å². The van der Waals surface area contributed by atoms with E-state index in [9.17, 15) is 13.2 Å². The summed E-state index contributed by atoms with van der Waals surface area (Å²) in [6.45, 7) is 4.24. The van der Waals surface area contributed by atoms with Gasteiger partial charge in [-0.15, -0.1) is 0 Å². The number of fused-ring (bicyclic) bond motifs is 1. The topological polar surface area (TPSA) is 70.8 Å². The lowest BCUT2D eigenvalue weighted by Gasteiger charge is -2.35. The van der Waals surface area contributed by atoms with E-state index in [-0.39, 0.29) is 11.7 Å². The average molecular weight is 364 g/mol. The average Bonchev–Trinajstić information content (AvgIpc) is 2.53. The number of aryl methyl sites for hydroxylation is 1. The zero-order valence-electron chi connectivity index (χ0n) is 14.9. The Bertz CT molecular complexity index is 928. The molecule has 6 nitrogen and oxygen atoms in total. The van der Waals surface area contributed by atoms with Crippen molar-refractivity contribution in [1.29, 1.82) is 0 Å². The molecule has 25 heavy (non-hydrogen) atoms. The van der Waals surface area contributed by atoms with Crippen molar-refractivity contribution in [3.8, 4) is 0 Å². The highest BCUT2D eigenvalue weighted by Gasteiger charge is 2.27. The van der Waals surface area contributed by atoms with Crippen LogP contribution in [0.4, 0.5) is 0 Å². The van der Waals surface area contributed by atoms with Gasteiger partial charge in [0.25, 0.3) is 0 Å². The first kappa shape index (κ1) is 18.1. The summed E-state index contributed by atoms with van der Waals surface area (Å²) in [6, 6.07) is 7.50. The Kier molecular flexibility index (Phi) is 4.99. The molecule has 1 aromatic carbocycles. The third kappa shape index (κ3) is 4.11. The predicted molar refractivity (Wildman–Crippen MR) is 98.1 cm³/mol. The fourth-order valence-electron chi connectivity index (χ4n) is 3.42. The molecule has 0 unspecified atom stereocenters. The number of sulfonamides is 1. The zero-order chi connectivity index (χ0) is 18.2. The second-order valence-electron chi connectivity index (χ2n) is 6.88. The van der Waals surface area contributed by atoms with Crippen molar-refractivity contribution in [2.45, 2.75) is 32.4 Å². The van der Waals surface area contributed by atoms with Crippen molar-refractivity contribution in [3.63, 3.8) is 0 Å². The number of piperidine rings is 1. The van der Waals surface area contributed by atoms with Crippen LogP contribution in [-0.2, 0) is 16.6 Å². The fraction of sp³-hybridized carbons (Fsp3) is 0.500. The van der Waals surface area contributed by atoms with Gasteiger partial charge in [0, 0.05) is 44.2 Å². The van der Waals surface area contributed by atoms with E-state index in [0.717, 1.165) is 42.4 Å². The molecule has 1 aliphatic rings. The van der Waals surface area contributed by atoms with E-state index in [0.29, 0.717) is 12.1 Å². The second kappa shape index (κ2) is 6.90. The van der Waals surface area contributed by atoms with Crippen LogP contribution in [0.5, 0.6) is 0 Å². The highest BCUT2D eigenvalue weighted by atomic mass is 32.2. The monoisotopic (exact) mass is 364 g/mol. The van der Waals surface area contributed by atoms with Crippen LogP contribution in [0.3, 0.4) is 0 Å². The molecule has 1 saturated heterocycles. The van der Waals surface area contributed by atoms with E-state index in [1.165, 1.54) is 10.6 Å². The Morgan fingerprint density at radius 2 is 1.92 bits per heavy atom. The second-order valence-corrected chi connectivity index (χ2v) is 8.92. The van der Waals surface area contributed by atoms with Crippen LogP contribution in [0.25, 0.3) is 11.0 Å². The summed E-state index contributed by atoms with van der Waals surface area (Å²) in [4.78, 5) is 14.1. The van der Waals surface area contributed by atoms with Crippen molar-refractivity contribution in [1.82, 2.24) is 9.21 Å². The van der Waals surface area contributed by atoms with Gasteiger partial charge in [-0.2, -0.15) is 0 Å². The van der Waals surface area contributed by atoms with Gasteiger partial charge >= 0.3 is 5.63 Å². The van der Waals surface area contributed by atoms with Crippen LogP contribution in [0.1, 0.15) is 24.0 Å². The van der Waals surface area contributed by atoms with E-state index in [1.54, 1.807) is 13.1 Å². The molecule has 1 aromatic heterocycles. The molecule has 0 spiro atoms. The zero-order valence-corrected chi connectivity index (χ0v) is 15.7. The molecular weight excluding hydrogens is 340 g/mol. The molecule has 0 saturated carbocycles. The highest BCUT2D eigenvalue weighted by Crippen LogP contribution is 2.23. The first-order valence-electron chi connectivity index (χ1n) is 8.43. The molecule has 3 rings (SSSR count). The molecule has 0 atom stereocenters. The Labute approximate surface area is 148 Å². The summed E-state index contributed by atoms with van der Waals surface area (Å²) in [7, 11) is -1.51. The van der Waals surface area contributed by atoms with E-state index in [4.69, 9.17) is 4.42 Å². The van der Waals surface area contributed by atoms with Crippen molar-refractivity contribution >= 4 is 21.0 Å². The summed E-state index contributed by atoms with van der Waals surface area (Å²) in [5, 5.41) is 0.959. The summed E-state index contributed by atoms with van der Waals surface area (Å²) in [6.07, 6.45) is 2.83. The first-order chi connectivity index (χ1) is 11.7. The number of likely N-dealkylation sites (tertiary alicyclic amines) is 1. The fourth-order valence-corrected chi connectivity index (χ4v) is 4.17. The van der Waals surface area contributed by atoms with Gasteiger partial charge in [0.05, 0.1) is 6.26 Å². The molecular formula is C18H24N2O4S. The van der Waals surface area contributed by atoms with Gasteiger partial charge < -0.3 is 4.42 Å². The summed E-state index contributed by atoms with van der Waals surface area (Å²) in [5.41, 5.74) is 2.30. The van der Waals surface area contributed by atoms with Crippen molar-refractivity contribution in [3.05, 3.63) is 45.8 Å². The summed E-state index contributed by atoms with van der Waals surface area (Å²) >= 11 is 0. The Hall–Kier alpha value is -1.70. The summed E-state index contributed by atoms with van der Waals surface area (Å²) < 4.78 is 30.1. The minimum absolute atomic E-state index is 0.0477. The maximum Gasteiger partial charge on any atom is 0.336 e. The van der Waals surface area contributed by atoms with Gasteiger partial charge in [0.15, 0.2) is 0 Å². The predicted octanol–water partition coefficient (Wildman–Crippen LogP) is 1.96. The van der Waals surface area contributed by atoms with Crippen LogP contribution >= 0.6 is 0 Å². The van der Waals surface area contributed by atoms with Gasteiger partial charge in [-0.25, -0.2) is 17.5 Å². The minimum Gasteiger partial charge on any atom is -0.423 e. The van der Waals surface area contributed by atoms with E-state index < -0.39 is 10.0 Å². The molecule has 0 aliphatic carbocycles. The number of rotatable bonds is 4. The van der Waals surface area contributed by atoms with Gasteiger partial charge in [0.1, 0.15) is 5.58 Å². The Morgan fingerprint density at radius 1 is 1.24 bits per heavy atom. The normalized spacial score (nSPS) is 17.4. The maximum absolute atomic E-state index is 11.9. The van der Waals surface area contributed by atoms with E-state index in [2.05, 4.69) is 4.90 Å². The lowest BCUT2D eigenvalue weighted by atomic mass is 10.0. The third-order valence-electron chi connectivity index (χ3n) is 4.97. The van der Waals surface area contributed by atoms with Crippen LogP contribution in [-0.4, -0.2) is 50.1 Å². The number of benzene rings is 1. The molecule has 0 radical (unpaired) electrons. The van der Waals surface area contributed by atoms with Crippen LogP contribution < -0.4 is 5.63 Å². The number of hydrogen-bond acceptors (Lipinski definition) is 5.